The highest BCUT2D eigenvalue weighted by Gasteiger charge is 2.18. The highest BCUT2D eigenvalue weighted by Crippen LogP contribution is 2.22. The van der Waals surface area contributed by atoms with Crippen molar-refractivity contribution < 1.29 is 0 Å². The van der Waals surface area contributed by atoms with E-state index < -0.39 is 0 Å². The molecule has 1 aliphatic heterocycles. The van der Waals surface area contributed by atoms with Gasteiger partial charge in [0.2, 0.25) is 0 Å². The Morgan fingerprint density at radius 1 is 1.35 bits per heavy atom. The van der Waals surface area contributed by atoms with Crippen molar-refractivity contribution in [1.29, 1.82) is 0 Å². The van der Waals surface area contributed by atoms with Crippen molar-refractivity contribution in [1.82, 2.24) is 10.2 Å². The maximum atomic E-state index is 6.07. The topological polar surface area (TPSA) is 15.3 Å². The fourth-order valence-electron chi connectivity index (χ4n) is 2.94. The standard InChI is InChI=1S/C16H25ClN2.ClH/c1-13(14-5-3-6-15(17)11-14)12-19(2)16-7-4-9-18-10-8-16;/h3,5-6,11,13,16,18H,4,7-10,12H2,1-2H3;1H. The predicted octanol–water partition coefficient (Wildman–Crippen LogP) is 3.94. The minimum atomic E-state index is 0. The largest absolute Gasteiger partial charge is 0.317 e. The number of nitrogens with one attached hydrogen (secondary N) is 1. The molecule has 2 atom stereocenters. The van der Waals surface area contributed by atoms with Gasteiger partial charge in [0.1, 0.15) is 0 Å². The number of benzene rings is 1. The van der Waals surface area contributed by atoms with E-state index in [4.69, 9.17) is 11.6 Å². The van der Waals surface area contributed by atoms with Crippen LogP contribution in [0.4, 0.5) is 0 Å². The third kappa shape index (κ3) is 5.25. The second kappa shape index (κ2) is 8.89. The van der Waals surface area contributed by atoms with E-state index >= 15 is 0 Å². The van der Waals surface area contributed by atoms with Crippen LogP contribution in [-0.2, 0) is 0 Å². The summed E-state index contributed by atoms with van der Waals surface area (Å²) >= 11 is 6.07. The van der Waals surface area contributed by atoms with Crippen LogP contribution in [-0.4, -0.2) is 37.6 Å². The van der Waals surface area contributed by atoms with Crippen LogP contribution >= 0.6 is 24.0 Å². The number of rotatable bonds is 4. The zero-order valence-corrected chi connectivity index (χ0v) is 14.0. The third-order valence-corrected chi connectivity index (χ3v) is 4.38. The van der Waals surface area contributed by atoms with E-state index in [-0.39, 0.29) is 12.4 Å². The van der Waals surface area contributed by atoms with Crippen LogP contribution in [0.3, 0.4) is 0 Å². The van der Waals surface area contributed by atoms with Crippen LogP contribution in [0.15, 0.2) is 24.3 Å². The van der Waals surface area contributed by atoms with Crippen molar-refractivity contribution in [3.8, 4) is 0 Å². The van der Waals surface area contributed by atoms with Crippen molar-refractivity contribution in [2.45, 2.75) is 38.1 Å². The summed E-state index contributed by atoms with van der Waals surface area (Å²) in [6.45, 7) is 5.72. The minimum absolute atomic E-state index is 0. The van der Waals surface area contributed by atoms with Crippen LogP contribution in [0.5, 0.6) is 0 Å². The van der Waals surface area contributed by atoms with Gasteiger partial charge in [0.15, 0.2) is 0 Å². The Kier molecular flexibility index (Phi) is 7.90. The Labute approximate surface area is 134 Å². The molecular weight excluding hydrogens is 291 g/mol. The average Bonchev–Trinajstić information content (AvgIpc) is 2.67. The second-order valence-electron chi connectivity index (χ2n) is 5.73. The first kappa shape index (κ1) is 17.8. The molecule has 1 fully saturated rings. The zero-order valence-electron chi connectivity index (χ0n) is 12.4. The Balaban J connectivity index is 0.00000200. The SMILES string of the molecule is CC(CN(C)C1CCCNCC1)c1cccc(Cl)c1.Cl. The molecule has 0 bridgehead atoms. The van der Waals surface area contributed by atoms with Gasteiger partial charge in [0.25, 0.3) is 0 Å². The minimum Gasteiger partial charge on any atom is -0.317 e. The van der Waals surface area contributed by atoms with Gasteiger partial charge in [-0.2, -0.15) is 0 Å². The Hall–Kier alpha value is -0.280. The fraction of sp³-hybridized carbons (Fsp3) is 0.625. The molecule has 1 saturated heterocycles. The normalized spacial score (nSPS) is 21.1. The van der Waals surface area contributed by atoms with Crippen molar-refractivity contribution in [3.63, 3.8) is 0 Å². The summed E-state index contributed by atoms with van der Waals surface area (Å²) in [4.78, 5) is 2.53. The lowest BCUT2D eigenvalue weighted by molar-refractivity contribution is 0.215. The van der Waals surface area contributed by atoms with E-state index in [0.717, 1.165) is 24.2 Å². The van der Waals surface area contributed by atoms with Crippen molar-refractivity contribution in [2.24, 2.45) is 0 Å². The molecule has 1 heterocycles. The van der Waals surface area contributed by atoms with Crippen molar-refractivity contribution >= 4 is 24.0 Å². The summed E-state index contributed by atoms with van der Waals surface area (Å²) in [6, 6.07) is 8.98. The molecule has 1 aliphatic rings. The summed E-state index contributed by atoms with van der Waals surface area (Å²) < 4.78 is 0. The summed E-state index contributed by atoms with van der Waals surface area (Å²) in [5.41, 5.74) is 1.34. The lowest BCUT2D eigenvalue weighted by Gasteiger charge is -2.29. The first-order valence-corrected chi connectivity index (χ1v) is 7.71. The summed E-state index contributed by atoms with van der Waals surface area (Å²) in [5, 5.41) is 4.32. The number of halogens is 2. The lowest BCUT2D eigenvalue weighted by Crippen LogP contribution is -2.35. The van der Waals surface area contributed by atoms with Gasteiger partial charge in [0.05, 0.1) is 0 Å². The average molecular weight is 317 g/mol. The second-order valence-corrected chi connectivity index (χ2v) is 6.17. The van der Waals surface area contributed by atoms with Gasteiger partial charge >= 0.3 is 0 Å². The van der Waals surface area contributed by atoms with E-state index in [2.05, 4.69) is 36.3 Å². The molecule has 0 aromatic heterocycles. The van der Waals surface area contributed by atoms with Gasteiger partial charge in [-0.15, -0.1) is 12.4 Å². The molecular formula is C16H26Cl2N2. The van der Waals surface area contributed by atoms with Gasteiger partial charge in [0, 0.05) is 17.6 Å². The molecule has 4 heteroatoms. The summed E-state index contributed by atoms with van der Waals surface area (Å²) in [5.74, 6) is 0.528. The highest BCUT2D eigenvalue weighted by atomic mass is 35.5. The quantitative estimate of drug-likeness (QED) is 0.905. The predicted molar refractivity (Wildman–Crippen MR) is 90.3 cm³/mol. The Bertz CT molecular complexity index is 390. The van der Waals surface area contributed by atoms with E-state index in [1.54, 1.807) is 0 Å². The molecule has 2 rings (SSSR count). The zero-order chi connectivity index (χ0) is 13.7. The smallest absolute Gasteiger partial charge is 0.0408 e. The van der Waals surface area contributed by atoms with Crippen molar-refractivity contribution in [2.75, 3.05) is 26.7 Å². The molecule has 0 saturated carbocycles. The molecule has 114 valence electrons. The fourth-order valence-corrected chi connectivity index (χ4v) is 3.14. The number of likely N-dealkylation sites (N-methyl/N-ethyl adjacent to an activating group) is 1. The van der Waals surface area contributed by atoms with Crippen LogP contribution < -0.4 is 5.32 Å². The van der Waals surface area contributed by atoms with E-state index in [1.165, 1.54) is 31.4 Å². The van der Waals surface area contributed by atoms with Gasteiger partial charge in [-0.1, -0.05) is 30.7 Å². The molecule has 20 heavy (non-hydrogen) atoms. The highest BCUT2D eigenvalue weighted by molar-refractivity contribution is 6.30. The molecule has 0 amide bonds. The van der Waals surface area contributed by atoms with Gasteiger partial charge < -0.3 is 10.2 Å². The first-order valence-electron chi connectivity index (χ1n) is 7.33. The molecule has 0 aliphatic carbocycles. The monoisotopic (exact) mass is 316 g/mol. The summed E-state index contributed by atoms with van der Waals surface area (Å²) in [7, 11) is 2.26. The molecule has 1 aromatic carbocycles. The molecule has 0 radical (unpaired) electrons. The van der Waals surface area contributed by atoms with E-state index in [9.17, 15) is 0 Å². The number of hydrogen-bond acceptors (Lipinski definition) is 2. The van der Waals surface area contributed by atoms with Gasteiger partial charge in [-0.3, -0.25) is 0 Å². The first-order chi connectivity index (χ1) is 9.16. The summed E-state index contributed by atoms with van der Waals surface area (Å²) in [6.07, 6.45) is 3.87. The molecule has 2 unspecified atom stereocenters. The number of nitrogens with zero attached hydrogens (tertiary/aromatic N) is 1. The Morgan fingerprint density at radius 3 is 2.90 bits per heavy atom. The van der Waals surface area contributed by atoms with Crippen LogP contribution in [0.1, 0.15) is 37.7 Å². The Morgan fingerprint density at radius 2 is 2.15 bits per heavy atom. The van der Waals surface area contributed by atoms with Gasteiger partial charge in [-0.05, 0) is 63.0 Å². The maximum absolute atomic E-state index is 6.07. The van der Waals surface area contributed by atoms with Crippen molar-refractivity contribution in [3.05, 3.63) is 34.9 Å². The van der Waals surface area contributed by atoms with Crippen LogP contribution in [0, 0.1) is 0 Å². The number of hydrogen-bond donors (Lipinski definition) is 1. The van der Waals surface area contributed by atoms with E-state index in [0.29, 0.717) is 5.92 Å². The molecule has 2 nitrogen and oxygen atoms in total. The lowest BCUT2D eigenvalue weighted by atomic mass is 9.99. The van der Waals surface area contributed by atoms with E-state index in [1.807, 2.05) is 12.1 Å². The third-order valence-electron chi connectivity index (χ3n) is 4.15. The molecule has 0 spiro atoms. The van der Waals surface area contributed by atoms with Crippen LogP contribution in [0.2, 0.25) is 5.02 Å². The van der Waals surface area contributed by atoms with Gasteiger partial charge in [-0.25, -0.2) is 0 Å². The van der Waals surface area contributed by atoms with Crippen LogP contribution in [0.25, 0.3) is 0 Å². The molecule has 1 aromatic rings. The molecule has 1 N–H and O–H groups in total. The maximum Gasteiger partial charge on any atom is 0.0408 e.